The number of pyridine rings is 2. The Bertz CT molecular complexity index is 1850. The Kier molecular flexibility index (Phi) is 8.01. The van der Waals surface area contributed by atoms with Crippen LogP contribution in [0.4, 0.5) is 8.78 Å². The van der Waals surface area contributed by atoms with E-state index in [4.69, 9.17) is 14.2 Å². The predicted molar refractivity (Wildman–Crippen MR) is 156 cm³/mol. The van der Waals surface area contributed by atoms with Crippen molar-refractivity contribution in [2.24, 2.45) is 0 Å². The average Bonchev–Trinajstić information content (AvgIpc) is 2.98. The molecule has 0 bridgehead atoms. The number of ether oxygens (including phenoxy) is 3. The maximum atomic E-state index is 15.2. The van der Waals surface area contributed by atoms with E-state index in [-0.39, 0.29) is 29.3 Å². The van der Waals surface area contributed by atoms with E-state index >= 15 is 4.39 Å². The summed E-state index contributed by atoms with van der Waals surface area (Å²) in [6.45, 7) is 3.83. The number of carbonyl (C=O) groups excluding carboxylic acids is 1. The summed E-state index contributed by atoms with van der Waals surface area (Å²) in [5.74, 6) is -0.292. The number of halogens is 2. The summed E-state index contributed by atoms with van der Waals surface area (Å²) in [6, 6.07) is 14.7. The van der Waals surface area contributed by atoms with Crippen molar-refractivity contribution < 1.29 is 27.8 Å². The van der Waals surface area contributed by atoms with Crippen LogP contribution in [0.5, 0.6) is 23.0 Å². The number of rotatable bonds is 9. The number of carbonyl (C=O) groups is 1. The fraction of sp³-hybridized carbons (Fsp3) is 0.182. The van der Waals surface area contributed by atoms with Gasteiger partial charge in [0.25, 0.3) is 0 Å². The summed E-state index contributed by atoms with van der Waals surface area (Å²) >= 11 is 0. The van der Waals surface area contributed by atoms with Crippen molar-refractivity contribution in [3.05, 3.63) is 112 Å². The Morgan fingerprint density at radius 3 is 2.26 bits per heavy atom. The molecule has 2 heterocycles. The van der Waals surface area contributed by atoms with Crippen molar-refractivity contribution in [3.8, 4) is 34.1 Å². The molecule has 0 saturated heterocycles. The second kappa shape index (κ2) is 11.8. The van der Waals surface area contributed by atoms with E-state index in [1.807, 2.05) is 13.8 Å². The summed E-state index contributed by atoms with van der Waals surface area (Å²) in [7, 11) is 3.03. The summed E-state index contributed by atoms with van der Waals surface area (Å²) < 4.78 is 47.1. The van der Waals surface area contributed by atoms with Crippen LogP contribution < -0.4 is 19.6 Å². The number of methoxy groups -OCH3 is 2. The van der Waals surface area contributed by atoms with E-state index in [0.717, 1.165) is 0 Å². The van der Waals surface area contributed by atoms with Crippen molar-refractivity contribution >= 4 is 16.7 Å². The molecule has 0 aliphatic heterocycles. The largest absolute Gasteiger partial charge is 0.493 e. The lowest BCUT2D eigenvalue weighted by Gasteiger charge is -2.15. The van der Waals surface area contributed by atoms with Crippen LogP contribution in [0.25, 0.3) is 22.0 Å². The zero-order chi connectivity index (χ0) is 30.0. The normalized spacial score (nSPS) is 11.1. The Morgan fingerprint density at radius 2 is 1.60 bits per heavy atom. The molecule has 0 aliphatic rings. The number of ketones is 1. The topological polar surface area (TPSA) is 79.7 Å². The van der Waals surface area contributed by atoms with Crippen molar-refractivity contribution in [2.75, 3.05) is 14.2 Å². The van der Waals surface area contributed by atoms with Crippen LogP contribution in [0.2, 0.25) is 0 Å². The van der Waals surface area contributed by atoms with E-state index in [1.165, 1.54) is 56.8 Å². The SMILES string of the molecule is COc1cc2nccc(Oc3ccc(CC(=O)c4cn(C(C)C)cc(-c5ccc(F)cc5)c4=O)cc3F)c2cc1OC. The van der Waals surface area contributed by atoms with Gasteiger partial charge in [-0.2, -0.15) is 0 Å². The molecule has 0 fully saturated rings. The first-order valence-corrected chi connectivity index (χ1v) is 13.2. The van der Waals surface area contributed by atoms with Crippen LogP contribution in [0.15, 0.2) is 84.0 Å². The molecule has 0 atom stereocenters. The van der Waals surface area contributed by atoms with E-state index in [1.54, 1.807) is 41.2 Å². The number of benzene rings is 3. The second-order valence-electron chi connectivity index (χ2n) is 9.96. The van der Waals surface area contributed by atoms with Crippen LogP contribution in [0.3, 0.4) is 0 Å². The van der Waals surface area contributed by atoms with Gasteiger partial charge in [-0.15, -0.1) is 0 Å². The van der Waals surface area contributed by atoms with Gasteiger partial charge < -0.3 is 18.8 Å². The van der Waals surface area contributed by atoms with Crippen molar-refractivity contribution in [1.29, 1.82) is 0 Å². The molecule has 0 unspecified atom stereocenters. The van der Waals surface area contributed by atoms with E-state index < -0.39 is 22.8 Å². The molecule has 0 saturated carbocycles. The third-order valence-electron chi connectivity index (χ3n) is 6.89. The summed E-state index contributed by atoms with van der Waals surface area (Å²) in [5, 5.41) is 0.594. The van der Waals surface area contributed by atoms with Gasteiger partial charge in [0.15, 0.2) is 34.3 Å². The summed E-state index contributed by atoms with van der Waals surface area (Å²) in [5.41, 5.74) is 1.22. The lowest BCUT2D eigenvalue weighted by atomic mass is 9.99. The maximum absolute atomic E-state index is 15.2. The van der Waals surface area contributed by atoms with Crippen molar-refractivity contribution in [3.63, 3.8) is 0 Å². The Labute approximate surface area is 240 Å². The smallest absolute Gasteiger partial charge is 0.200 e. The van der Waals surface area contributed by atoms with E-state index in [9.17, 15) is 14.0 Å². The zero-order valence-corrected chi connectivity index (χ0v) is 23.5. The first-order chi connectivity index (χ1) is 20.2. The van der Waals surface area contributed by atoms with Crippen LogP contribution in [-0.2, 0) is 6.42 Å². The highest BCUT2D eigenvalue weighted by molar-refractivity contribution is 5.98. The highest BCUT2D eigenvalue weighted by Crippen LogP contribution is 2.37. The van der Waals surface area contributed by atoms with Gasteiger partial charge in [-0.25, -0.2) is 8.78 Å². The van der Waals surface area contributed by atoms with Crippen LogP contribution in [0, 0.1) is 11.6 Å². The fourth-order valence-corrected chi connectivity index (χ4v) is 4.60. The van der Waals surface area contributed by atoms with Gasteiger partial charge in [0.1, 0.15) is 11.6 Å². The standard InChI is InChI=1S/C33H28F2N2O5/c1-19(2)37-17-24(21-6-8-22(34)9-7-21)33(39)25(18-37)28(38)14-20-5-10-30(26(35)13-20)42-29-11-12-36-27-16-32(41-4)31(40-3)15-23(27)29/h5-13,15-19H,14H2,1-4H3. The third-order valence-corrected chi connectivity index (χ3v) is 6.89. The minimum absolute atomic E-state index is 0.0288. The number of nitrogens with zero attached hydrogens (tertiary/aromatic N) is 2. The molecule has 42 heavy (non-hydrogen) atoms. The quantitative estimate of drug-likeness (QED) is 0.175. The minimum Gasteiger partial charge on any atom is -0.493 e. The molecule has 9 heteroatoms. The molecule has 0 spiro atoms. The molecule has 3 aromatic carbocycles. The van der Waals surface area contributed by atoms with Gasteiger partial charge in [0.2, 0.25) is 0 Å². The minimum atomic E-state index is -0.676. The highest BCUT2D eigenvalue weighted by Gasteiger charge is 2.19. The summed E-state index contributed by atoms with van der Waals surface area (Å²) in [6.07, 6.45) is 4.50. The van der Waals surface area contributed by atoms with Gasteiger partial charge in [0.05, 0.1) is 25.3 Å². The van der Waals surface area contributed by atoms with Gasteiger partial charge in [-0.3, -0.25) is 14.6 Å². The molecule has 5 aromatic rings. The second-order valence-corrected chi connectivity index (χ2v) is 9.96. The van der Waals surface area contributed by atoms with Crippen LogP contribution in [0.1, 0.15) is 35.8 Å². The fourth-order valence-electron chi connectivity index (χ4n) is 4.60. The number of Topliss-reactive ketones (excluding diaryl/α,β-unsaturated/α-hetero) is 1. The van der Waals surface area contributed by atoms with E-state index in [2.05, 4.69) is 4.98 Å². The number of hydrogen-bond acceptors (Lipinski definition) is 6. The molecule has 0 radical (unpaired) electrons. The Hall–Kier alpha value is -5.05. The first kappa shape index (κ1) is 28.5. The van der Waals surface area contributed by atoms with Gasteiger partial charge in [-0.05, 0) is 61.4 Å². The molecule has 214 valence electrons. The molecular weight excluding hydrogens is 542 g/mol. The Balaban J connectivity index is 1.43. The van der Waals surface area contributed by atoms with Gasteiger partial charge in [0, 0.05) is 48.1 Å². The number of aromatic nitrogens is 2. The highest BCUT2D eigenvalue weighted by atomic mass is 19.1. The number of fused-ring (bicyclic) bond motifs is 1. The van der Waals surface area contributed by atoms with Crippen molar-refractivity contribution in [2.45, 2.75) is 26.3 Å². The average molecular weight is 571 g/mol. The van der Waals surface area contributed by atoms with E-state index in [0.29, 0.717) is 39.3 Å². The summed E-state index contributed by atoms with van der Waals surface area (Å²) in [4.78, 5) is 31.0. The zero-order valence-electron chi connectivity index (χ0n) is 23.5. The van der Waals surface area contributed by atoms with Gasteiger partial charge in [-0.1, -0.05) is 18.2 Å². The molecular formula is C33H28F2N2O5. The monoisotopic (exact) mass is 570 g/mol. The molecule has 5 rings (SSSR count). The van der Waals surface area contributed by atoms with Crippen LogP contribution >= 0.6 is 0 Å². The lowest BCUT2D eigenvalue weighted by Crippen LogP contribution is -2.22. The number of hydrogen-bond donors (Lipinski definition) is 0. The molecule has 2 aromatic heterocycles. The maximum Gasteiger partial charge on any atom is 0.200 e. The molecule has 0 amide bonds. The molecule has 7 nitrogen and oxygen atoms in total. The van der Waals surface area contributed by atoms with Crippen LogP contribution in [-0.4, -0.2) is 29.6 Å². The van der Waals surface area contributed by atoms with Crippen molar-refractivity contribution in [1.82, 2.24) is 9.55 Å². The van der Waals surface area contributed by atoms with Gasteiger partial charge >= 0.3 is 0 Å². The molecule has 0 aliphatic carbocycles. The molecule has 0 N–H and O–H groups in total. The predicted octanol–water partition coefficient (Wildman–Crippen LogP) is 7.16. The third kappa shape index (κ3) is 5.72. The Morgan fingerprint density at radius 1 is 0.881 bits per heavy atom. The first-order valence-electron chi connectivity index (χ1n) is 13.2. The lowest BCUT2D eigenvalue weighted by molar-refractivity contribution is 0.0991.